The molecule has 12 aromatic rings. The zero-order valence-electron chi connectivity index (χ0n) is 30.1. The van der Waals surface area contributed by atoms with Crippen molar-refractivity contribution in [3.05, 3.63) is 188 Å². The van der Waals surface area contributed by atoms with Gasteiger partial charge in [-0.05, 0) is 82.1 Å². The lowest BCUT2D eigenvalue weighted by molar-refractivity contribution is 0.664. The van der Waals surface area contributed by atoms with Crippen molar-refractivity contribution in [2.45, 2.75) is 0 Å². The minimum Gasteiger partial charge on any atom is -0.456 e. The van der Waals surface area contributed by atoms with Crippen LogP contribution < -0.4 is 4.90 Å². The van der Waals surface area contributed by atoms with Crippen molar-refractivity contribution < 1.29 is 8.83 Å². The number of rotatable bonds is 5. The summed E-state index contributed by atoms with van der Waals surface area (Å²) < 4.78 is 16.2. The Labute approximate surface area is 325 Å². The van der Waals surface area contributed by atoms with Crippen LogP contribution in [0.25, 0.3) is 97.1 Å². The summed E-state index contributed by atoms with van der Waals surface area (Å²) in [7, 11) is 0. The van der Waals surface area contributed by atoms with Crippen molar-refractivity contribution in [1.29, 1.82) is 0 Å². The first-order chi connectivity index (χ1) is 27.8. The number of benzene rings is 9. The first kappa shape index (κ1) is 31.2. The SMILES string of the molecule is c1ccc(-c2cccc(N(c3ccc4oc5c(-c6cccc7ccccc67)c6c(cc5c4c3)oc3ccccc36)c3cccc4c3sc3ccccc34)c2)cc1. The molecule has 0 aliphatic heterocycles. The molecule has 0 atom stereocenters. The molecular weight excluding hydrogens is 703 g/mol. The molecule has 0 saturated heterocycles. The molecule has 3 nitrogen and oxygen atoms in total. The summed E-state index contributed by atoms with van der Waals surface area (Å²) in [6.45, 7) is 0. The third-order valence-electron chi connectivity index (χ3n) is 11.2. The fourth-order valence-electron chi connectivity index (χ4n) is 8.73. The maximum Gasteiger partial charge on any atom is 0.144 e. The van der Waals surface area contributed by atoms with Gasteiger partial charge in [0.05, 0.1) is 10.4 Å². The third-order valence-corrected chi connectivity index (χ3v) is 12.4. The second-order valence-electron chi connectivity index (χ2n) is 14.4. The Kier molecular flexibility index (Phi) is 6.80. The van der Waals surface area contributed by atoms with Crippen LogP contribution in [0.15, 0.2) is 197 Å². The minimum atomic E-state index is 0.834. The van der Waals surface area contributed by atoms with Gasteiger partial charge in [-0.3, -0.25) is 0 Å². The van der Waals surface area contributed by atoms with Crippen molar-refractivity contribution in [1.82, 2.24) is 0 Å². The van der Waals surface area contributed by atoms with Crippen molar-refractivity contribution in [2.75, 3.05) is 4.90 Å². The highest BCUT2D eigenvalue weighted by Crippen LogP contribution is 2.49. The zero-order chi connectivity index (χ0) is 36.7. The van der Waals surface area contributed by atoms with Crippen molar-refractivity contribution in [3.8, 4) is 22.3 Å². The molecule has 3 heterocycles. The Hall–Kier alpha value is -7.14. The number of para-hydroxylation sites is 1. The molecule has 0 aliphatic carbocycles. The van der Waals surface area contributed by atoms with Crippen LogP contribution in [-0.4, -0.2) is 0 Å². The number of hydrogen-bond donors (Lipinski definition) is 0. The molecule has 0 amide bonds. The van der Waals surface area contributed by atoms with Gasteiger partial charge in [-0.15, -0.1) is 11.3 Å². The summed E-state index contributed by atoms with van der Waals surface area (Å²) in [4.78, 5) is 2.41. The van der Waals surface area contributed by atoms with E-state index in [9.17, 15) is 0 Å². The highest BCUT2D eigenvalue weighted by Gasteiger charge is 2.24. The first-order valence-electron chi connectivity index (χ1n) is 18.9. The Morgan fingerprint density at radius 1 is 0.411 bits per heavy atom. The van der Waals surface area contributed by atoms with Crippen LogP contribution in [-0.2, 0) is 0 Å². The van der Waals surface area contributed by atoms with Crippen molar-refractivity contribution >= 4 is 103 Å². The lowest BCUT2D eigenvalue weighted by atomic mass is 9.93. The van der Waals surface area contributed by atoms with E-state index in [1.165, 1.54) is 42.1 Å². The summed E-state index contributed by atoms with van der Waals surface area (Å²) in [6.07, 6.45) is 0. The maximum atomic E-state index is 6.99. The van der Waals surface area contributed by atoms with Crippen LogP contribution in [0.3, 0.4) is 0 Å². The standard InChI is InChI=1S/C52H31NO2S/c1-2-13-32(14-3-1)34-17-10-18-35(29-34)53(44-24-12-23-40-38-20-7-9-26-48(38)56-52(40)44)36-27-28-46-42(30-36)43-31-47-49(41-21-6-8-25-45(41)54-47)50(51(43)55-46)39-22-11-16-33-15-4-5-19-37(33)39/h1-31H. The van der Waals surface area contributed by atoms with Crippen LogP contribution in [0, 0.1) is 0 Å². The van der Waals surface area contributed by atoms with Crippen LogP contribution in [0.2, 0.25) is 0 Å². The summed E-state index contributed by atoms with van der Waals surface area (Å²) in [5.74, 6) is 0. The monoisotopic (exact) mass is 733 g/mol. The predicted octanol–water partition coefficient (Wildman–Crippen LogP) is 15.8. The molecule has 9 aromatic carbocycles. The molecule has 262 valence electrons. The van der Waals surface area contributed by atoms with Gasteiger partial charge in [0.25, 0.3) is 0 Å². The molecule has 56 heavy (non-hydrogen) atoms. The van der Waals surface area contributed by atoms with Gasteiger partial charge >= 0.3 is 0 Å². The van der Waals surface area contributed by atoms with Gasteiger partial charge in [0.15, 0.2) is 0 Å². The molecule has 12 rings (SSSR count). The molecule has 4 heteroatoms. The predicted molar refractivity (Wildman–Crippen MR) is 237 cm³/mol. The van der Waals surface area contributed by atoms with E-state index >= 15 is 0 Å². The molecule has 0 aliphatic rings. The largest absolute Gasteiger partial charge is 0.456 e. The Morgan fingerprint density at radius 3 is 2.04 bits per heavy atom. The van der Waals surface area contributed by atoms with Gasteiger partial charge in [0.1, 0.15) is 22.3 Å². The number of hydrogen-bond acceptors (Lipinski definition) is 4. The van der Waals surface area contributed by atoms with E-state index in [4.69, 9.17) is 8.83 Å². The quantitative estimate of drug-likeness (QED) is 0.176. The molecule has 0 saturated carbocycles. The Bertz CT molecular complexity index is 3490. The number of nitrogens with zero attached hydrogens (tertiary/aromatic N) is 1. The van der Waals surface area contributed by atoms with E-state index in [1.807, 2.05) is 17.4 Å². The first-order valence-corrected chi connectivity index (χ1v) is 19.7. The van der Waals surface area contributed by atoms with Crippen molar-refractivity contribution in [3.63, 3.8) is 0 Å². The van der Waals surface area contributed by atoms with Gasteiger partial charge in [-0.2, -0.15) is 0 Å². The van der Waals surface area contributed by atoms with Crippen LogP contribution in [0.4, 0.5) is 17.1 Å². The summed E-state index contributed by atoms with van der Waals surface area (Å²) in [5.41, 5.74) is 11.2. The Morgan fingerprint density at radius 2 is 1.11 bits per heavy atom. The smallest absolute Gasteiger partial charge is 0.144 e. The topological polar surface area (TPSA) is 29.5 Å². The van der Waals surface area contributed by atoms with E-state index in [0.717, 1.165) is 72.1 Å². The van der Waals surface area contributed by atoms with Gasteiger partial charge in [0.2, 0.25) is 0 Å². The van der Waals surface area contributed by atoms with E-state index < -0.39 is 0 Å². The zero-order valence-corrected chi connectivity index (χ0v) is 30.9. The van der Waals surface area contributed by atoms with E-state index in [0.29, 0.717) is 0 Å². The molecule has 0 bridgehead atoms. The van der Waals surface area contributed by atoms with Gasteiger partial charge < -0.3 is 13.7 Å². The number of thiophene rings is 1. The van der Waals surface area contributed by atoms with E-state index in [2.05, 4.69) is 187 Å². The normalized spacial score (nSPS) is 11.9. The molecule has 0 spiro atoms. The third kappa shape index (κ3) is 4.70. The number of anilines is 3. The molecule has 0 unspecified atom stereocenters. The van der Waals surface area contributed by atoms with E-state index in [1.54, 1.807) is 0 Å². The lowest BCUT2D eigenvalue weighted by Gasteiger charge is -2.26. The average molecular weight is 734 g/mol. The van der Waals surface area contributed by atoms with Crippen LogP contribution >= 0.6 is 11.3 Å². The van der Waals surface area contributed by atoms with Crippen LogP contribution in [0.1, 0.15) is 0 Å². The molecule has 0 N–H and O–H groups in total. The number of fused-ring (bicyclic) bond motifs is 10. The van der Waals surface area contributed by atoms with Gasteiger partial charge in [0, 0.05) is 54.0 Å². The van der Waals surface area contributed by atoms with Gasteiger partial charge in [-0.25, -0.2) is 0 Å². The molecule has 3 aromatic heterocycles. The highest BCUT2D eigenvalue weighted by atomic mass is 32.1. The fraction of sp³-hybridized carbons (Fsp3) is 0. The second-order valence-corrected chi connectivity index (χ2v) is 15.5. The van der Waals surface area contributed by atoms with Gasteiger partial charge in [-0.1, -0.05) is 133 Å². The molecule has 0 fully saturated rings. The van der Waals surface area contributed by atoms with Crippen LogP contribution in [0.5, 0.6) is 0 Å². The van der Waals surface area contributed by atoms with E-state index in [-0.39, 0.29) is 0 Å². The molecule has 0 radical (unpaired) electrons. The summed E-state index contributed by atoms with van der Waals surface area (Å²) in [6, 6.07) is 67.1. The second kappa shape index (κ2) is 12.2. The maximum absolute atomic E-state index is 6.99. The highest BCUT2D eigenvalue weighted by molar-refractivity contribution is 7.26. The Balaban J connectivity index is 1.15. The molecular formula is C52H31NO2S. The van der Waals surface area contributed by atoms with Crippen molar-refractivity contribution in [2.24, 2.45) is 0 Å². The fourth-order valence-corrected chi connectivity index (χ4v) is 9.94. The average Bonchev–Trinajstić information content (AvgIpc) is 3.95. The summed E-state index contributed by atoms with van der Waals surface area (Å²) in [5, 5.41) is 9.10. The number of furan rings is 2. The summed E-state index contributed by atoms with van der Waals surface area (Å²) >= 11 is 1.85. The minimum absolute atomic E-state index is 0.834. The lowest BCUT2D eigenvalue weighted by Crippen LogP contribution is -2.10.